The molecule has 17 heavy (non-hydrogen) atoms. The number of fused-ring (bicyclic) bond motifs is 1. The van der Waals surface area contributed by atoms with Crippen molar-refractivity contribution in [3.05, 3.63) is 34.5 Å². The number of furan rings is 1. The van der Waals surface area contributed by atoms with Crippen LogP contribution in [0.15, 0.2) is 33.4 Å². The van der Waals surface area contributed by atoms with Gasteiger partial charge in [-0.1, -0.05) is 15.9 Å². The average Bonchev–Trinajstić information content (AvgIpc) is 2.60. The second kappa shape index (κ2) is 4.46. The van der Waals surface area contributed by atoms with Crippen molar-refractivity contribution in [3.63, 3.8) is 0 Å². The second-order valence-corrected chi connectivity index (χ2v) is 7.73. The third-order valence-electron chi connectivity index (χ3n) is 2.69. The molecule has 3 nitrogen and oxygen atoms in total. The maximum absolute atomic E-state index is 11.9. The molecule has 1 heterocycles. The predicted molar refractivity (Wildman–Crippen MR) is 71.7 cm³/mol. The van der Waals surface area contributed by atoms with Gasteiger partial charge in [0.2, 0.25) is 0 Å². The highest BCUT2D eigenvalue weighted by atomic mass is 79.9. The number of sulfone groups is 1. The van der Waals surface area contributed by atoms with Crippen LogP contribution >= 0.6 is 15.9 Å². The lowest BCUT2D eigenvalue weighted by Crippen LogP contribution is -2.15. The normalized spacial score (nSPS) is 12.5. The summed E-state index contributed by atoms with van der Waals surface area (Å²) in [4.78, 5) is 0. The Balaban J connectivity index is 2.45. The molecule has 0 amide bonds. The Bertz CT molecular complexity index is 641. The van der Waals surface area contributed by atoms with E-state index in [1.54, 1.807) is 13.8 Å². The summed E-state index contributed by atoms with van der Waals surface area (Å²) in [7, 11) is -3.09. The Kier molecular flexibility index (Phi) is 3.32. The molecule has 0 saturated heterocycles. The molecule has 0 aliphatic rings. The Morgan fingerprint density at radius 2 is 2.06 bits per heavy atom. The summed E-state index contributed by atoms with van der Waals surface area (Å²) in [6.07, 6.45) is 1.52. The monoisotopic (exact) mass is 316 g/mol. The summed E-state index contributed by atoms with van der Waals surface area (Å²) < 4.78 is 30.0. The molecular weight excluding hydrogens is 304 g/mol. The SMILES string of the molecule is CC(C)S(=O)(=O)Cc1coc2cc(Br)ccc12. The van der Waals surface area contributed by atoms with Crippen LogP contribution in [0.1, 0.15) is 19.4 Å². The minimum atomic E-state index is -3.09. The minimum absolute atomic E-state index is 0.0271. The third-order valence-corrected chi connectivity index (χ3v) is 5.34. The first kappa shape index (κ1) is 12.6. The molecule has 0 saturated carbocycles. The Morgan fingerprint density at radius 1 is 1.35 bits per heavy atom. The van der Waals surface area contributed by atoms with Crippen molar-refractivity contribution in [1.29, 1.82) is 0 Å². The molecule has 1 aromatic heterocycles. The highest BCUT2D eigenvalue weighted by Crippen LogP contribution is 2.26. The highest BCUT2D eigenvalue weighted by molar-refractivity contribution is 9.10. The van der Waals surface area contributed by atoms with Crippen LogP contribution in [-0.4, -0.2) is 13.7 Å². The summed E-state index contributed by atoms with van der Waals surface area (Å²) in [6, 6.07) is 5.58. The zero-order chi connectivity index (χ0) is 12.6. The quantitative estimate of drug-likeness (QED) is 0.870. The fourth-order valence-corrected chi connectivity index (χ4v) is 2.88. The van der Waals surface area contributed by atoms with Crippen molar-refractivity contribution in [1.82, 2.24) is 0 Å². The average molecular weight is 317 g/mol. The van der Waals surface area contributed by atoms with E-state index in [-0.39, 0.29) is 11.0 Å². The number of rotatable bonds is 3. The fraction of sp³-hybridized carbons (Fsp3) is 0.333. The van der Waals surface area contributed by atoms with Crippen LogP contribution in [-0.2, 0) is 15.6 Å². The molecule has 0 N–H and O–H groups in total. The van der Waals surface area contributed by atoms with Crippen molar-refractivity contribution in [2.75, 3.05) is 0 Å². The van der Waals surface area contributed by atoms with Crippen molar-refractivity contribution < 1.29 is 12.8 Å². The lowest BCUT2D eigenvalue weighted by molar-refractivity contribution is 0.584. The third kappa shape index (κ3) is 2.55. The topological polar surface area (TPSA) is 47.3 Å². The largest absolute Gasteiger partial charge is 0.464 e. The van der Waals surface area contributed by atoms with Gasteiger partial charge in [-0.05, 0) is 32.0 Å². The standard InChI is InChI=1S/C12H13BrO3S/c1-8(2)17(14,15)7-9-6-16-12-5-10(13)3-4-11(9)12/h3-6,8H,7H2,1-2H3. The van der Waals surface area contributed by atoms with Gasteiger partial charge in [-0.15, -0.1) is 0 Å². The molecular formula is C12H13BrO3S. The van der Waals surface area contributed by atoms with Crippen LogP contribution in [0.2, 0.25) is 0 Å². The maximum Gasteiger partial charge on any atom is 0.156 e. The van der Waals surface area contributed by atoms with Crippen molar-refractivity contribution >= 4 is 36.7 Å². The van der Waals surface area contributed by atoms with Gasteiger partial charge >= 0.3 is 0 Å². The van der Waals surface area contributed by atoms with Crippen LogP contribution < -0.4 is 0 Å². The summed E-state index contributed by atoms with van der Waals surface area (Å²) in [5.74, 6) is 0.0271. The molecule has 2 aromatic rings. The smallest absolute Gasteiger partial charge is 0.156 e. The number of halogens is 1. The van der Waals surface area contributed by atoms with Gasteiger partial charge < -0.3 is 4.42 Å². The van der Waals surface area contributed by atoms with Crippen molar-refractivity contribution in [2.45, 2.75) is 24.9 Å². The van der Waals surface area contributed by atoms with Crippen LogP contribution in [0.3, 0.4) is 0 Å². The Hall–Kier alpha value is -0.810. The molecule has 0 atom stereocenters. The first-order valence-electron chi connectivity index (χ1n) is 5.27. The van der Waals surface area contributed by atoms with E-state index in [4.69, 9.17) is 4.42 Å². The Labute approximate surface area is 109 Å². The van der Waals surface area contributed by atoms with Crippen LogP contribution in [0.4, 0.5) is 0 Å². The van der Waals surface area contributed by atoms with Crippen LogP contribution in [0, 0.1) is 0 Å². The molecule has 0 radical (unpaired) electrons. The zero-order valence-corrected chi connectivity index (χ0v) is 12.0. The van der Waals surface area contributed by atoms with Gasteiger partial charge in [0.05, 0.1) is 17.3 Å². The lowest BCUT2D eigenvalue weighted by atomic mass is 10.2. The van der Waals surface area contributed by atoms with E-state index in [1.165, 1.54) is 6.26 Å². The van der Waals surface area contributed by atoms with Crippen LogP contribution in [0.5, 0.6) is 0 Å². The van der Waals surface area contributed by atoms with Gasteiger partial charge in [0, 0.05) is 15.4 Å². The second-order valence-electron chi connectivity index (χ2n) is 4.26. The molecule has 0 fully saturated rings. The molecule has 0 spiro atoms. The van der Waals surface area contributed by atoms with E-state index in [9.17, 15) is 8.42 Å². The molecule has 1 aromatic carbocycles. The summed E-state index contributed by atoms with van der Waals surface area (Å²) >= 11 is 3.35. The number of benzene rings is 1. The van der Waals surface area contributed by atoms with E-state index in [0.29, 0.717) is 5.58 Å². The number of hydrogen-bond acceptors (Lipinski definition) is 3. The van der Waals surface area contributed by atoms with Gasteiger partial charge in [-0.25, -0.2) is 8.42 Å². The molecule has 5 heteroatoms. The van der Waals surface area contributed by atoms with Gasteiger partial charge in [0.1, 0.15) is 5.58 Å². The van der Waals surface area contributed by atoms with Crippen molar-refractivity contribution in [3.8, 4) is 0 Å². The minimum Gasteiger partial charge on any atom is -0.464 e. The first-order valence-corrected chi connectivity index (χ1v) is 7.78. The molecule has 92 valence electrons. The van der Waals surface area contributed by atoms with Gasteiger partial charge in [-0.3, -0.25) is 0 Å². The summed E-state index contributed by atoms with van der Waals surface area (Å²) in [6.45, 7) is 3.38. The van der Waals surface area contributed by atoms with E-state index in [2.05, 4.69) is 15.9 Å². The summed E-state index contributed by atoms with van der Waals surface area (Å²) in [5, 5.41) is 0.486. The van der Waals surface area contributed by atoms with Gasteiger partial charge in [-0.2, -0.15) is 0 Å². The summed E-state index contributed by atoms with van der Waals surface area (Å²) in [5.41, 5.74) is 1.43. The Morgan fingerprint density at radius 3 is 2.71 bits per heavy atom. The van der Waals surface area contributed by atoms with Crippen LogP contribution in [0.25, 0.3) is 11.0 Å². The molecule has 2 rings (SSSR count). The first-order chi connectivity index (χ1) is 7.90. The van der Waals surface area contributed by atoms with E-state index in [1.807, 2.05) is 18.2 Å². The predicted octanol–water partition coefficient (Wildman–Crippen LogP) is 3.52. The number of hydrogen-bond donors (Lipinski definition) is 0. The van der Waals surface area contributed by atoms with Gasteiger partial charge in [0.25, 0.3) is 0 Å². The highest BCUT2D eigenvalue weighted by Gasteiger charge is 2.19. The lowest BCUT2D eigenvalue weighted by Gasteiger charge is -2.05. The molecule has 0 aliphatic heterocycles. The van der Waals surface area contributed by atoms with E-state index < -0.39 is 9.84 Å². The van der Waals surface area contributed by atoms with Crippen molar-refractivity contribution in [2.24, 2.45) is 0 Å². The van der Waals surface area contributed by atoms with Gasteiger partial charge in [0.15, 0.2) is 9.84 Å². The maximum atomic E-state index is 11.9. The zero-order valence-electron chi connectivity index (χ0n) is 9.60. The van der Waals surface area contributed by atoms with E-state index in [0.717, 1.165) is 15.4 Å². The molecule has 0 unspecified atom stereocenters. The van der Waals surface area contributed by atoms with E-state index >= 15 is 0 Å². The molecule has 0 bridgehead atoms. The molecule has 0 aliphatic carbocycles. The fourth-order valence-electron chi connectivity index (χ4n) is 1.55.